The highest BCUT2D eigenvalue weighted by molar-refractivity contribution is 6.35. The summed E-state index contributed by atoms with van der Waals surface area (Å²) in [6.45, 7) is 3.98. The number of benzene rings is 2. The molecule has 98 valence electrons. The Bertz CT molecular complexity index is 612. The first-order chi connectivity index (χ1) is 9.02. The van der Waals surface area contributed by atoms with Gasteiger partial charge >= 0.3 is 0 Å². The number of carbonyl (C=O) groups is 1. The highest BCUT2D eigenvalue weighted by Crippen LogP contribution is 2.24. The SMILES string of the molecule is CCc1cccc(C)c1C(=O)c1cc(Cl)cc(Cl)c1. The molecule has 0 fully saturated rings. The fourth-order valence-corrected chi connectivity index (χ4v) is 2.70. The monoisotopic (exact) mass is 292 g/mol. The molecule has 0 saturated carbocycles. The van der Waals surface area contributed by atoms with Crippen molar-refractivity contribution in [3.63, 3.8) is 0 Å². The van der Waals surface area contributed by atoms with Crippen molar-refractivity contribution in [3.05, 3.63) is 68.7 Å². The maximum absolute atomic E-state index is 12.6. The fraction of sp³-hybridized carbons (Fsp3) is 0.188. The minimum Gasteiger partial charge on any atom is -0.289 e. The Morgan fingerprint density at radius 3 is 2.32 bits per heavy atom. The van der Waals surface area contributed by atoms with Gasteiger partial charge in [-0.05, 0) is 42.7 Å². The van der Waals surface area contributed by atoms with Gasteiger partial charge in [0.1, 0.15) is 0 Å². The average molecular weight is 293 g/mol. The van der Waals surface area contributed by atoms with E-state index in [0.29, 0.717) is 15.6 Å². The third-order valence-electron chi connectivity index (χ3n) is 3.09. The van der Waals surface area contributed by atoms with E-state index in [2.05, 4.69) is 0 Å². The standard InChI is InChI=1S/C16H14Cl2O/c1-3-11-6-4-5-10(2)15(11)16(19)12-7-13(17)9-14(18)8-12/h4-9H,3H2,1-2H3. The van der Waals surface area contributed by atoms with Crippen molar-refractivity contribution in [2.75, 3.05) is 0 Å². The van der Waals surface area contributed by atoms with Crippen molar-refractivity contribution >= 4 is 29.0 Å². The summed E-state index contributed by atoms with van der Waals surface area (Å²) in [5, 5.41) is 0.949. The van der Waals surface area contributed by atoms with Gasteiger partial charge in [-0.3, -0.25) is 4.79 Å². The molecular weight excluding hydrogens is 279 g/mol. The maximum atomic E-state index is 12.6. The number of hydrogen-bond acceptors (Lipinski definition) is 1. The lowest BCUT2D eigenvalue weighted by Crippen LogP contribution is -2.07. The Morgan fingerprint density at radius 2 is 1.74 bits per heavy atom. The van der Waals surface area contributed by atoms with Crippen LogP contribution in [0.2, 0.25) is 10.0 Å². The summed E-state index contributed by atoms with van der Waals surface area (Å²) < 4.78 is 0. The molecule has 0 aromatic heterocycles. The highest BCUT2D eigenvalue weighted by atomic mass is 35.5. The van der Waals surface area contributed by atoms with Gasteiger partial charge in [-0.2, -0.15) is 0 Å². The summed E-state index contributed by atoms with van der Waals surface area (Å²) in [6.07, 6.45) is 0.817. The topological polar surface area (TPSA) is 17.1 Å². The molecule has 3 heteroatoms. The second kappa shape index (κ2) is 5.77. The molecule has 0 atom stereocenters. The second-order valence-corrected chi connectivity index (χ2v) is 5.32. The van der Waals surface area contributed by atoms with Gasteiger partial charge in [-0.15, -0.1) is 0 Å². The first-order valence-corrected chi connectivity index (χ1v) is 6.87. The molecule has 2 rings (SSSR count). The Kier molecular flexibility index (Phi) is 4.28. The molecule has 0 heterocycles. The van der Waals surface area contributed by atoms with Crippen molar-refractivity contribution in [3.8, 4) is 0 Å². The van der Waals surface area contributed by atoms with Crippen LogP contribution in [-0.4, -0.2) is 5.78 Å². The second-order valence-electron chi connectivity index (χ2n) is 4.45. The van der Waals surface area contributed by atoms with Crippen molar-refractivity contribution in [2.45, 2.75) is 20.3 Å². The zero-order chi connectivity index (χ0) is 14.0. The zero-order valence-corrected chi connectivity index (χ0v) is 12.3. The molecular formula is C16H14Cl2O. The van der Waals surface area contributed by atoms with Gasteiger partial charge in [0, 0.05) is 21.2 Å². The molecule has 1 nitrogen and oxygen atoms in total. The van der Waals surface area contributed by atoms with Crippen LogP contribution in [0.3, 0.4) is 0 Å². The van der Waals surface area contributed by atoms with Crippen molar-refractivity contribution in [1.82, 2.24) is 0 Å². The largest absolute Gasteiger partial charge is 0.289 e. The van der Waals surface area contributed by atoms with E-state index in [1.54, 1.807) is 18.2 Å². The Morgan fingerprint density at radius 1 is 1.11 bits per heavy atom. The Balaban J connectivity index is 2.56. The Labute approximate surface area is 123 Å². The smallest absolute Gasteiger partial charge is 0.193 e. The molecule has 0 aliphatic heterocycles. The molecule has 0 bridgehead atoms. The van der Waals surface area contributed by atoms with Crippen LogP contribution in [0.1, 0.15) is 34.0 Å². The minimum absolute atomic E-state index is 0.0284. The zero-order valence-electron chi connectivity index (χ0n) is 10.8. The lowest BCUT2D eigenvalue weighted by molar-refractivity contribution is 0.103. The van der Waals surface area contributed by atoms with E-state index in [-0.39, 0.29) is 5.78 Å². The fourth-order valence-electron chi connectivity index (χ4n) is 2.18. The lowest BCUT2D eigenvalue weighted by atomic mass is 9.93. The van der Waals surface area contributed by atoms with E-state index in [4.69, 9.17) is 23.2 Å². The molecule has 2 aromatic rings. The highest BCUT2D eigenvalue weighted by Gasteiger charge is 2.16. The first kappa shape index (κ1) is 14.1. The van der Waals surface area contributed by atoms with Gasteiger partial charge in [0.15, 0.2) is 5.78 Å². The van der Waals surface area contributed by atoms with Gasteiger partial charge in [0.25, 0.3) is 0 Å². The van der Waals surface area contributed by atoms with Crippen molar-refractivity contribution in [2.24, 2.45) is 0 Å². The van der Waals surface area contributed by atoms with Crippen LogP contribution in [0.15, 0.2) is 36.4 Å². The molecule has 2 aromatic carbocycles. The summed E-state index contributed by atoms with van der Waals surface area (Å²) in [4.78, 5) is 12.6. The third kappa shape index (κ3) is 2.99. The number of ketones is 1. The molecule has 0 saturated heterocycles. The lowest BCUT2D eigenvalue weighted by Gasteiger charge is -2.11. The third-order valence-corrected chi connectivity index (χ3v) is 3.53. The molecule has 0 aliphatic rings. The van der Waals surface area contributed by atoms with E-state index >= 15 is 0 Å². The van der Waals surface area contributed by atoms with Crippen LogP contribution in [0.4, 0.5) is 0 Å². The molecule has 0 aliphatic carbocycles. The number of hydrogen-bond donors (Lipinski definition) is 0. The van der Waals surface area contributed by atoms with Gasteiger partial charge in [0.2, 0.25) is 0 Å². The van der Waals surface area contributed by atoms with Crippen LogP contribution in [0.25, 0.3) is 0 Å². The molecule has 19 heavy (non-hydrogen) atoms. The summed E-state index contributed by atoms with van der Waals surface area (Å²) >= 11 is 11.9. The summed E-state index contributed by atoms with van der Waals surface area (Å²) in [7, 11) is 0. The quantitative estimate of drug-likeness (QED) is 0.720. The predicted molar refractivity (Wildman–Crippen MR) is 80.5 cm³/mol. The number of carbonyl (C=O) groups excluding carboxylic acids is 1. The van der Waals surface area contributed by atoms with E-state index in [1.807, 2.05) is 32.0 Å². The van der Waals surface area contributed by atoms with Crippen LogP contribution in [0, 0.1) is 6.92 Å². The summed E-state index contributed by atoms with van der Waals surface area (Å²) in [6, 6.07) is 10.8. The van der Waals surface area contributed by atoms with Gasteiger partial charge in [0.05, 0.1) is 0 Å². The van der Waals surface area contributed by atoms with E-state index < -0.39 is 0 Å². The van der Waals surface area contributed by atoms with Crippen LogP contribution in [0.5, 0.6) is 0 Å². The van der Waals surface area contributed by atoms with Crippen LogP contribution in [-0.2, 0) is 6.42 Å². The number of aryl methyl sites for hydroxylation is 2. The van der Waals surface area contributed by atoms with Crippen LogP contribution < -0.4 is 0 Å². The predicted octanol–water partition coefficient (Wildman–Crippen LogP) is 5.10. The minimum atomic E-state index is -0.0284. The van der Waals surface area contributed by atoms with E-state index in [0.717, 1.165) is 23.1 Å². The molecule has 0 unspecified atom stereocenters. The molecule has 0 radical (unpaired) electrons. The normalized spacial score (nSPS) is 10.5. The maximum Gasteiger partial charge on any atom is 0.193 e. The molecule has 0 amide bonds. The molecule has 0 spiro atoms. The van der Waals surface area contributed by atoms with Crippen molar-refractivity contribution < 1.29 is 4.79 Å². The Hall–Kier alpha value is -1.31. The first-order valence-electron chi connectivity index (χ1n) is 6.12. The molecule has 0 N–H and O–H groups in total. The number of halogens is 2. The van der Waals surface area contributed by atoms with Gasteiger partial charge in [-0.1, -0.05) is 48.3 Å². The average Bonchev–Trinajstić information content (AvgIpc) is 2.36. The van der Waals surface area contributed by atoms with Crippen molar-refractivity contribution in [1.29, 1.82) is 0 Å². The van der Waals surface area contributed by atoms with Crippen LogP contribution >= 0.6 is 23.2 Å². The van der Waals surface area contributed by atoms with E-state index in [1.165, 1.54) is 0 Å². The summed E-state index contributed by atoms with van der Waals surface area (Å²) in [5.41, 5.74) is 3.30. The number of rotatable bonds is 3. The van der Waals surface area contributed by atoms with Gasteiger partial charge < -0.3 is 0 Å². The van der Waals surface area contributed by atoms with E-state index in [9.17, 15) is 4.79 Å². The van der Waals surface area contributed by atoms with Gasteiger partial charge in [-0.25, -0.2) is 0 Å². The summed E-state index contributed by atoms with van der Waals surface area (Å²) in [5.74, 6) is -0.0284.